The van der Waals surface area contributed by atoms with Crippen LogP contribution in [-0.4, -0.2) is 24.9 Å². The minimum Gasteiger partial charge on any atom is -0.376 e. The standard InChI is InChI=1S/C23H31N3O2/c1-2-3-4-5-9-16-24-22(27)18-25-21-14-12-20(13-15-21)23(28)26-17-19-10-7-6-8-11-19/h6-8,10-15,25H,2-5,9,16-18H2,1H3,(H,24,27)(H,26,28). The molecule has 0 unspecified atom stereocenters. The zero-order valence-corrected chi connectivity index (χ0v) is 16.7. The van der Waals surface area contributed by atoms with Crippen LogP contribution in [0, 0.1) is 0 Å². The highest BCUT2D eigenvalue weighted by atomic mass is 16.2. The Bertz CT molecular complexity index is 714. The van der Waals surface area contributed by atoms with E-state index in [1.807, 2.05) is 42.5 Å². The topological polar surface area (TPSA) is 70.2 Å². The van der Waals surface area contributed by atoms with E-state index in [-0.39, 0.29) is 18.4 Å². The molecule has 2 aromatic carbocycles. The van der Waals surface area contributed by atoms with Crippen molar-refractivity contribution < 1.29 is 9.59 Å². The molecule has 0 aliphatic rings. The van der Waals surface area contributed by atoms with Gasteiger partial charge in [0.15, 0.2) is 0 Å². The number of benzene rings is 2. The van der Waals surface area contributed by atoms with E-state index in [1.165, 1.54) is 19.3 Å². The van der Waals surface area contributed by atoms with E-state index in [9.17, 15) is 9.59 Å². The zero-order chi connectivity index (χ0) is 20.0. The second kappa shape index (κ2) is 12.5. The fraction of sp³-hybridized carbons (Fsp3) is 0.391. The quantitative estimate of drug-likeness (QED) is 0.485. The lowest BCUT2D eigenvalue weighted by Gasteiger charge is -2.09. The molecule has 0 spiro atoms. The zero-order valence-electron chi connectivity index (χ0n) is 16.7. The summed E-state index contributed by atoms with van der Waals surface area (Å²) in [7, 11) is 0. The molecule has 3 N–H and O–H groups in total. The van der Waals surface area contributed by atoms with Crippen molar-refractivity contribution in [3.63, 3.8) is 0 Å². The fourth-order valence-corrected chi connectivity index (χ4v) is 2.82. The first-order valence-corrected chi connectivity index (χ1v) is 10.1. The molecule has 0 fully saturated rings. The monoisotopic (exact) mass is 381 g/mol. The van der Waals surface area contributed by atoms with Crippen molar-refractivity contribution in [1.82, 2.24) is 10.6 Å². The molecule has 150 valence electrons. The molecule has 2 rings (SSSR count). The average Bonchev–Trinajstić information content (AvgIpc) is 2.74. The molecule has 0 aromatic heterocycles. The summed E-state index contributed by atoms with van der Waals surface area (Å²) in [5.41, 5.74) is 2.47. The van der Waals surface area contributed by atoms with Crippen LogP contribution in [0.3, 0.4) is 0 Å². The number of carbonyl (C=O) groups excluding carboxylic acids is 2. The first kappa shape index (κ1) is 21.5. The summed E-state index contributed by atoms with van der Waals surface area (Å²) in [6.07, 6.45) is 5.91. The number of anilines is 1. The van der Waals surface area contributed by atoms with E-state index >= 15 is 0 Å². The van der Waals surface area contributed by atoms with Gasteiger partial charge >= 0.3 is 0 Å². The SMILES string of the molecule is CCCCCCCNC(=O)CNc1ccc(C(=O)NCc2ccccc2)cc1. The number of nitrogens with one attached hydrogen (secondary N) is 3. The van der Waals surface area contributed by atoms with Crippen LogP contribution in [0.4, 0.5) is 5.69 Å². The Balaban J connectivity index is 1.66. The number of hydrogen-bond donors (Lipinski definition) is 3. The van der Waals surface area contributed by atoms with Crippen molar-refractivity contribution in [3.05, 3.63) is 65.7 Å². The lowest BCUT2D eigenvalue weighted by atomic mass is 10.1. The molecule has 5 nitrogen and oxygen atoms in total. The molecule has 0 bridgehead atoms. The van der Waals surface area contributed by atoms with Crippen LogP contribution in [0.1, 0.15) is 54.9 Å². The van der Waals surface area contributed by atoms with Crippen molar-refractivity contribution >= 4 is 17.5 Å². The third-order valence-electron chi connectivity index (χ3n) is 4.50. The highest BCUT2D eigenvalue weighted by molar-refractivity contribution is 5.94. The van der Waals surface area contributed by atoms with Gasteiger partial charge in [-0.1, -0.05) is 62.9 Å². The molecule has 5 heteroatoms. The highest BCUT2D eigenvalue weighted by Gasteiger charge is 2.06. The van der Waals surface area contributed by atoms with Crippen LogP contribution in [0.5, 0.6) is 0 Å². The molecule has 0 aliphatic heterocycles. The third kappa shape index (κ3) is 8.25. The van der Waals surface area contributed by atoms with E-state index in [4.69, 9.17) is 0 Å². The number of unbranched alkanes of at least 4 members (excludes halogenated alkanes) is 4. The second-order valence-electron chi connectivity index (χ2n) is 6.86. The van der Waals surface area contributed by atoms with Crippen LogP contribution < -0.4 is 16.0 Å². The predicted octanol–water partition coefficient (Wildman–Crippen LogP) is 4.12. The maximum absolute atomic E-state index is 12.2. The van der Waals surface area contributed by atoms with Crippen molar-refractivity contribution in [2.45, 2.75) is 45.6 Å². The molecule has 0 heterocycles. The Morgan fingerprint density at radius 1 is 0.821 bits per heavy atom. The van der Waals surface area contributed by atoms with Crippen molar-refractivity contribution in [3.8, 4) is 0 Å². The fourth-order valence-electron chi connectivity index (χ4n) is 2.82. The van der Waals surface area contributed by atoms with Gasteiger partial charge in [0.2, 0.25) is 5.91 Å². The Hall–Kier alpha value is -2.82. The van der Waals surface area contributed by atoms with Crippen LogP contribution in [0.2, 0.25) is 0 Å². The third-order valence-corrected chi connectivity index (χ3v) is 4.50. The Kier molecular flexibility index (Phi) is 9.62. The molecule has 0 aliphatic carbocycles. The molecule has 0 atom stereocenters. The summed E-state index contributed by atoms with van der Waals surface area (Å²) in [5.74, 6) is -0.128. The van der Waals surface area contributed by atoms with E-state index < -0.39 is 0 Å². The maximum atomic E-state index is 12.2. The Morgan fingerprint density at radius 3 is 2.25 bits per heavy atom. The molecule has 0 saturated heterocycles. The lowest BCUT2D eigenvalue weighted by molar-refractivity contribution is -0.119. The summed E-state index contributed by atoms with van der Waals surface area (Å²) >= 11 is 0. The molecular formula is C23H31N3O2. The minimum atomic E-state index is -0.115. The van der Waals surface area contributed by atoms with Gasteiger partial charge in [-0.05, 0) is 36.2 Å². The molecule has 0 radical (unpaired) electrons. The molecule has 2 amide bonds. The second-order valence-corrected chi connectivity index (χ2v) is 6.86. The van der Waals surface area contributed by atoms with E-state index in [0.717, 1.165) is 30.6 Å². The van der Waals surface area contributed by atoms with Gasteiger partial charge in [-0.3, -0.25) is 9.59 Å². The van der Waals surface area contributed by atoms with Gasteiger partial charge < -0.3 is 16.0 Å². The van der Waals surface area contributed by atoms with Gasteiger partial charge in [-0.2, -0.15) is 0 Å². The average molecular weight is 382 g/mol. The first-order valence-electron chi connectivity index (χ1n) is 10.1. The minimum absolute atomic E-state index is 0.0137. The molecule has 0 saturated carbocycles. The maximum Gasteiger partial charge on any atom is 0.251 e. The smallest absolute Gasteiger partial charge is 0.251 e. The van der Waals surface area contributed by atoms with Gasteiger partial charge in [-0.15, -0.1) is 0 Å². The number of amides is 2. The Morgan fingerprint density at radius 2 is 1.54 bits per heavy atom. The van der Waals surface area contributed by atoms with Gasteiger partial charge in [0.1, 0.15) is 0 Å². The van der Waals surface area contributed by atoms with Gasteiger partial charge in [-0.25, -0.2) is 0 Å². The van der Waals surface area contributed by atoms with Crippen molar-refractivity contribution in [1.29, 1.82) is 0 Å². The largest absolute Gasteiger partial charge is 0.376 e. The van der Waals surface area contributed by atoms with Gasteiger partial charge in [0.05, 0.1) is 6.54 Å². The summed E-state index contributed by atoms with van der Waals surface area (Å²) in [5, 5.41) is 8.91. The van der Waals surface area contributed by atoms with Crippen molar-refractivity contribution in [2.24, 2.45) is 0 Å². The van der Waals surface area contributed by atoms with Crippen molar-refractivity contribution in [2.75, 3.05) is 18.4 Å². The summed E-state index contributed by atoms with van der Waals surface area (Å²) in [4.78, 5) is 24.1. The summed E-state index contributed by atoms with van der Waals surface area (Å²) in [6.45, 7) is 3.65. The van der Waals surface area contributed by atoms with Gasteiger partial charge in [0, 0.05) is 24.3 Å². The van der Waals surface area contributed by atoms with E-state index in [2.05, 4.69) is 22.9 Å². The first-order chi connectivity index (χ1) is 13.7. The predicted molar refractivity (Wildman–Crippen MR) is 114 cm³/mol. The highest BCUT2D eigenvalue weighted by Crippen LogP contribution is 2.09. The molecule has 28 heavy (non-hydrogen) atoms. The van der Waals surface area contributed by atoms with E-state index in [1.54, 1.807) is 12.1 Å². The molecule has 2 aromatic rings. The van der Waals surface area contributed by atoms with E-state index in [0.29, 0.717) is 12.1 Å². The number of rotatable bonds is 12. The van der Waals surface area contributed by atoms with Crippen LogP contribution in [0.25, 0.3) is 0 Å². The number of carbonyl (C=O) groups is 2. The lowest BCUT2D eigenvalue weighted by Crippen LogP contribution is -2.30. The van der Waals surface area contributed by atoms with Gasteiger partial charge in [0.25, 0.3) is 5.91 Å². The molecular weight excluding hydrogens is 350 g/mol. The normalized spacial score (nSPS) is 10.3. The number of hydrogen-bond acceptors (Lipinski definition) is 3. The van der Waals surface area contributed by atoms with Crippen LogP contribution >= 0.6 is 0 Å². The Labute approximate surface area is 167 Å². The summed E-state index contributed by atoms with van der Waals surface area (Å²) in [6, 6.07) is 16.9. The van der Waals surface area contributed by atoms with Crippen LogP contribution in [-0.2, 0) is 11.3 Å². The van der Waals surface area contributed by atoms with Crippen LogP contribution in [0.15, 0.2) is 54.6 Å². The summed E-state index contributed by atoms with van der Waals surface area (Å²) < 4.78 is 0.